The van der Waals surface area contributed by atoms with E-state index in [1.807, 2.05) is 85.9 Å². The predicted octanol–water partition coefficient (Wildman–Crippen LogP) is 4.03. The fraction of sp³-hybridized carbons (Fsp3) is 0.308. The zero-order valence-corrected chi connectivity index (χ0v) is 18.8. The maximum atomic E-state index is 13.1. The quantitative estimate of drug-likeness (QED) is 0.590. The van der Waals surface area contributed by atoms with Crippen molar-refractivity contribution in [1.29, 1.82) is 0 Å². The van der Waals surface area contributed by atoms with Gasteiger partial charge in [0.25, 0.3) is 5.91 Å². The SMILES string of the molecule is COc1cccc(-c2ccc(C3CN(C(=O)c4cccc(CN(C)C)c4)CCO3)nc2)c1. The third-order valence-corrected chi connectivity index (χ3v) is 5.55. The van der Waals surface area contributed by atoms with Crippen LogP contribution in [0.4, 0.5) is 0 Å². The van der Waals surface area contributed by atoms with Crippen molar-refractivity contribution in [3.8, 4) is 16.9 Å². The van der Waals surface area contributed by atoms with E-state index in [2.05, 4.69) is 9.88 Å². The molecule has 1 amide bonds. The second kappa shape index (κ2) is 9.94. The number of aromatic nitrogens is 1. The lowest BCUT2D eigenvalue weighted by atomic mass is 10.1. The van der Waals surface area contributed by atoms with Crippen LogP contribution in [0.25, 0.3) is 11.1 Å². The van der Waals surface area contributed by atoms with E-state index in [1.54, 1.807) is 7.11 Å². The molecule has 1 fully saturated rings. The average molecular weight is 432 g/mol. The van der Waals surface area contributed by atoms with Gasteiger partial charge in [-0.3, -0.25) is 9.78 Å². The maximum absolute atomic E-state index is 13.1. The van der Waals surface area contributed by atoms with Crippen LogP contribution in [0, 0.1) is 0 Å². The van der Waals surface area contributed by atoms with Gasteiger partial charge in [0, 0.05) is 30.4 Å². The number of methoxy groups -OCH3 is 1. The third kappa shape index (κ3) is 5.15. The van der Waals surface area contributed by atoms with E-state index in [0.29, 0.717) is 25.3 Å². The number of rotatable bonds is 6. The van der Waals surface area contributed by atoms with Gasteiger partial charge >= 0.3 is 0 Å². The second-order valence-electron chi connectivity index (χ2n) is 8.25. The minimum absolute atomic E-state index is 0.0342. The molecule has 6 heteroatoms. The molecule has 1 saturated heterocycles. The molecule has 0 saturated carbocycles. The summed E-state index contributed by atoms with van der Waals surface area (Å²) in [6.45, 7) is 2.36. The number of morpholine rings is 1. The van der Waals surface area contributed by atoms with Crippen LogP contribution in [0.5, 0.6) is 5.75 Å². The summed E-state index contributed by atoms with van der Waals surface area (Å²) >= 11 is 0. The van der Waals surface area contributed by atoms with Crippen molar-refractivity contribution in [3.05, 3.63) is 83.7 Å². The lowest BCUT2D eigenvalue weighted by Gasteiger charge is -2.33. The number of ether oxygens (including phenoxy) is 2. The summed E-state index contributed by atoms with van der Waals surface area (Å²) in [5.74, 6) is 0.845. The summed E-state index contributed by atoms with van der Waals surface area (Å²) in [4.78, 5) is 21.7. The first kappa shape index (κ1) is 22.0. The van der Waals surface area contributed by atoms with Gasteiger partial charge in [-0.05, 0) is 55.6 Å². The first-order valence-electron chi connectivity index (χ1n) is 10.8. The van der Waals surface area contributed by atoms with Crippen LogP contribution in [0.15, 0.2) is 66.9 Å². The molecule has 0 spiro atoms. The van der Waals surface area contributed by atoms with E-state index in [9.17, 15) is 4.79 Å². The summed E-state index contributed by atoms with van der Waals surface area (Å²) < 4.78 is 11.3. The Labute approximate surface area is 189 Å². The molecule has 2 aromatic carbocycles. The van der Waals surface area contributed by atoms with E-state index in [1.165, 1.54) is 0 Å². The summed E-state index contributed by atoms with van der Waals surface area (Å²) in [7, 11) is 5.70. The van der Waals surface area contributed by atoms with Crippen LogP contribution in [-0.2, 0) is 11.3 Å². The lowest BCUT2D eigenvalue weighted by Crippen LogP contribution is -2.42. The molecule has 3 aromatic rings. The molecular weight excluding hydrogens is 402 g/mol. The van der Waals surface area contributed by atoms with Crippen LogP contribution in [0.2, 0.25) is 0 Å². The number of hydrogen-bond donors (Lipinski definition) is 0. The number of benzene rings is 2. The zero-order valence-electron chi connectivity index (χ0n) is 18.8. The molecule has 1 atom stereocenters. The van der Waals surface area contributed by atoms with Crippen LogP contribution >= 0.6 is 0 Å². The Hall–Kier alpha value is -3.22. The highest BCUT2D eigenvalue weighted by Gasteiger charge is 2.27. The van der Waals surface area contributed by atoms with E-state index in [-0.39, 0.29) is 12.0 Å². The normalized spacial score (nSPS) is 16.2. The number of carbonyl (C=O) groups is 1. The summed E-state index contributed by atoms with van der Waals surface area (Å²) in [6.07, 6.45) is 1.61. The van der Waals surface area contributed by atoms with Gasteiger partial charge in [-0.2, -0.15) is 0 Å². The molecule has 1 aromatic heterocycles. The molecule has 1 aliphatic heterocycles. The number of carbonyl (C=O) groups excluding carboxylic acids is 1. The molecule has 166 valence electrons. The third-order valence-electron chi connectivity index (χ3n) is 5.55. The highest BCUT2D eigenvalue weighted by molar-refractivity contribution is 5.94. The van der Waals surface area contributed by atoms with Gasteiger partial charge in [0.05, 0.1) is 26.0 Å². The highest BCUT2D eigenvalue weighted by Crippen LogP contribution is 2.26. The fourth-order valence-corrected chi connectivity index (χ4v) is 3.93. The van der Waals surface area contributed by atoms with Crippen molar-refractivity contribution in [2.24, 2.45) is 0 Å². The molecule has 0 radical (unpaired) electrons. The molecule has 2 heterocycles. The molecule has 0 bridgehead atoms. The van der Waals surface area contributed by atoms with Crippen LogP contribution in [-0.4, -0.2) is 61.6 Å². The second-order valence-corrected chi connectivity index (χ2v) is 8.25. The molecule has 0 N–H and O–H groups in total. The standard InChI is InChI=1S/C26H29N3O3/c1-28(2)17-19-6-4-8-21(14-19)26(30)29-12-13-32-25(18-29)24-11-10-22(16-27-24)20-7-5-9-23(15-20)31-3/h4-11,14-16,25H,12-13,17-18H2,1-3H3. The average Bonchev–Trinajstić information content (AvgIpc) is 2.83. The topological polar surface area (TPSA) is 54.9 Å². The Morgan fingerprint density at radius 3 is 2.72 bits per heavy atom. The van der Waals surface area contributed by atoms with Gasteiger partial charge in [-0.15, -0.1) is 0 Å². The van der Waals surface area contributed by atoms with Crippen LogP contribution in [0.3, 0.4) is 0 Å². The predicted molar refractivity (Wildman–Crippen MR) is 125 cm³/mol. The first-order valence-corrected chi connectivity index (χ1v) is 10.8. The van der Waals surface area contributed by atoms with E-state index >= 15 is 0 Å². The van der Waals surface area contributed by atoms with E-state index in [4.69, 9.17) is 9.47 Å². The van der Waals surface area contributed by atoms with Gasteiger partial charge < -0.3 is 19.3 Å². The van der Waals surface area contributed by atoms with Gasteiger partial charge in [0.2, 0.25) is 0 Å². The molecule has 32 heavy (non-hydrogen) atoms. The van der Waals surface area contributed by atoms with Crippen molar-refractivity contribution in [1.82, 2.24) is 14.8 Å². The maximum Gasteiger partial charge on any atom is 0.254 e. The molecule has 1 aliphatic rings. The molecular formula is C26H29N3O3. The van der Waals surface area contributed by atoms with Crippen LogP contribution < -0.4 is 4.74 Å². The van der Waals surface area contributed by atoms with Crippen molar-refractivity contribution in [2.75, 3.05) is 40.9 Å². The Morgan fingerprint density at radius 2 is 1.97 bits per heavy atom. The monoisotopic (exact) mass is 431 g/mol. The Bertz CT molecular complexity index is 1070. The van der Waals surface area contributed by atoms with E-state index < -0.39 is 0 Å². The van der Waals surface area contributed by atoms with Gasteiger partial charge in [-0.25, -0.2) is 0 Å². The Morgan fingerprint density at radius 1 is 1.12 bits per heavy atom. The molecule has 4 rings (SSSR count). The highest BCUT2D eigenvalue weighted by atomic mass is 16.5. The minimum atomic E-state index is -0.239. The smallest absolute Gasteiger partial charge is 0.254 e. The van der Waals surface area contributed by atoms with Crippen LogP contribution in [0.1, 0.15) is 27.7 Å². The summed E-state index contributed by atoms with van der Waals surface area (Å²) in [6, 6.07) is 19.8. The largest absolute Gasteiger partial charge is 0.497 e. The van der Waals surface area contributed by atoms with Gasteiger partial charge in [0.15, 0.2) is 0 Å². The zero-order chi connectivity index (χ0) is 22.5. The van der Waals surface area contributed by atoms with Crippen molar-refractivity contribution in [3.63, 3.8) is 0 Å². The number of amides is 1. The molecule has 1 unspecified atom stereocenters. The number of hydrogen-bond acceptors (Lipinski definition) is 5. The molecule has 0 aliphatic carbocycles. The Kier molecular flexibility index (Phi) is 6.83. The van der Waals surface area contributed by atoms with Gasteiger partial charge in [0.1, 0.15) is 11.9 Å². The molecule has 6 nitrogen and oxygen atoms in total. The van der Waals surface area contributed by atoms with E-state index in [0.717, 1.165) is 34.7 Å². The number of nitrogens with zero attached hydrogens (tertiary/aromatic N) is 3. The van der Waals surface area contributed by atoms with Crippen molar-refractivity contribution < 1.29 is 14.3 Å². The summed E-state index contributed by atoms with van der Waals surface area (Å²) in [5, 5.41) is 0. The van der Waals surface area contributed by atoms with Crippen molar-refractivity contribution >= 4 is 5.91 Å². The summed E-state index contributed by atoms with van der Waals surface area (Å²) in [5.41, 5.74) is 4.72. The van der Waals surface area contributed by atoms with Crippen molar-refractivity contribution in [2.45, 2.75) is 12.6 Å². The lowest BCUT2D eigenvalue weighted by molar-refractivity contribution is -0.0247. The Balaban J connectivity index is 1.46. The minimum Gasteiger partial charge on any atom is -0.497 e. The fourth-order valence-electron chi connectivity index (χ4n) is 3.93. The van der Waals surface area contributed by atoms with Gasteiger partial charge in [-0.1, -0.05) is 30.3 Å². The number of pyridine rings is 1. The first-order chi connectivity index (χ1) is 15.5.